The van der Waals surface area contributed by atoms with Crippen molar-refractivity contribution in [2.24, 2.45) is 0 Å². The molecule has 2 aromatic heterocycles. The van der Waals surface area contributed by atoms with Crippen molar-refractivity contribution in [3.63, 3.8) is 0 Å². The molecule has 11 heteroatoms. The minimum Gasteiger partial charge on any atom is -0.329 e. The van der Waals surface area contributed by atoms with Crippen molar-refractivity contribution in [3.05, 3.63) is 23.0 Å². The molecule has 4 aliphatic rings. The van der Waals surface area contributed by atoms with E-state index in [1.807, 2.05) is 4.41 Å². The highest BCUT2D eigenvalue weighted by Gasteiger charge is 2.35. The second-order valence-electron chi connectivity index (χ2n) is 9.35. The van der Waals surface area contributed by atoms with Crippen molar-refractivity contribution in [2.45, 2.75) is 69.7 Å². The number of carbonyl (C=O) groups excluding carboxylic acids is 1. The quantitative estimate of drug-likeness (QED) is 0.474. The number of nitrogens with zero attached hydrogens (tertiary/aromatic N) is 5. The van der Waals surface area contributed by atoms with Crippen LogP contribution in [0, 0.1) is 0 Å². The van der Waals surface area contributed by atoms with Crippen molar-refractivity contribution >= 4 is 35.4 Å². The third kappa shape index (κ3) is 4.29. The molecule has 176 valence electrons. The van der Waals surface area contributed by atoms with Crippen LogP contribution in [0.2, 0.25) is 0 Å². The second kappa shape index (κ2) is 9.11. The van der Waals surface area contributed by atoms with Gasteiger partial charge in [-0.2, -0.15) is 10.1 Å². The Bertz CT molecular complexity index is 1020. The Hall–Kier alpha value is -2.37. The van der Waals surface area contributed by atoms with Gasteiger partial charge in [-0.3, -0.25) is 20.6 Å². The van der Waals surface area contributed by atoms with Crippen LogP contribution in [-0.4, -0.2) is 55.6 Å². The van der Waals surface area contributed by atoms with E-state index in [2.05, 4.69) is 37.2 Å². The van der Waals surface area contributed by atoms with Crippen LogP contribution in [0.1, 0.15) is 67.8 Å². The molecule has 0 spiro atoms. The molecule has 0 unspecified atom stereocenters. The number of rotatable bonds is 6. The summed E-state index contributed by atoms with van der Waals surface area (Å²) in [5.74, 6) is 3.71. The third-order valence-corrected chi connectivity index (χ3v) is 8.05. The van der Waals surface area contributed by atoms with Gasteiger partial charge < -0.3 is 10.2 Å². The molecule has 3 fully saturated rings. The molecule has 4 N–H and O–H groups in total. The van der Waals surface area contributed by atoms with Crippen LogP contribution in [0.3, 0.4) is 0 Å². The summed E-state index contributed by atoms with van der Waals surface area (Å²) < 4.78 is 1.86. The molecule has 0 radical (unpaired) electrons. The number of fused-ring (bicyclic) bond motifs is 1. The predicted molar refractivity (Wildman–Crippen MR) is 128 cm³/mol. The molecule has 0 bridgehead atoms. The number of nitrogens with one attached hydrogen (secondary N) is 4. The molecule has 2 saturated heterocycles. The lowest BCUT2D eigenvalue weighted by Crippen LogP contribution is -2.48. The van der Waals surface area contributed by atoms with Gasteiger partial charge in [0.05, 0.1) is 18.2 Å². The van der Waals surface area contributed by atoms with E-state index in [4.69, 9.17) is 9.97 Å². The Morgan fingerprint density at radius 1 is 1.12 bits per heavy atom. The lowest BCUT2D eigenvalue weighted by Gasteiger charge is -2.26. The molecular weight excluding hydrogens is 438 g/mol. The normalized spacial score (nSPS) is 23.4. The minimum absolute atomic E-state index is 0.0100. The van der Waals surface area contributed by atoms with Crippen molar-refractivity contribution in [2.75, 3.05) is 29.3 Å². The van der Waals surface area contributed by atoms with Gasteiger partial charge in [-0.1, -0.05) is 12.8 Å². The maximum Gasteiger partial charge on any atom is 0.257 e. The number of amides is 1. The summed E-state index contributed by atoms with van der Waals surface area (Å²) in [4.78, 5) is 24.9. The summed E-state index contributed by atoms with van der Waals surface area (Å²) in [6.07, 6.45) is 9.84. The van der Waals surface area contributed by atoms with Crippen LogP contribution in [-0.2, 0) is 17.6 Å². The summed E-state index contributed by atoms with van der Waals surface area (Å²) in [5, 5.41) is 14.4. The number of H-pyrrole nitrogens is 1. The molecule has 2 aliphatic carbocycles. The van der Waals surface area contributed by atoms with Crippen molar-refractivity contribution in [3.8, 4) is 0 Å². The van der Waals surface area contributed by atoms with E-state index >= 15 is 0 Å². The predicted octanol–water partition coefficient (Wildman–Crippen LogP) is 2.56. The van der Waals surface area contributed by atoms with Crippen LogP contribution < -0.4 is 21.0 Å². The fourth-order valence-corrected chi connectivity index (χ4v) is 6.16. The van der Waals surface area contributed by atoms with Crippen molar-refractivity contribution in [1.82, 2.24) is 35.3 Å². The van der Waals surface area contributed by atoms with Gasteiger partial charge in [0, 0.05) is 29.8 Å². The van der Waals surface area contributed by atoms with Crippen LogP contribution in [0.5, 0.6) is 0 Å². The topological polar surface area (TPSA) is 114 Å². The van der Waals surface area contributed by atoms with Crippen molar-refractivity contribution < 1.29 is 4.79 Å². The van der Waals surface area contributed by atoms with Gasteiger partial charge in [0.25, 0.3) is 5.91 Å². The molecule has 2 aromatic rings. The standard InChI is InChI=1S/C22H31N9OS/c32-21(29-31-12-23-13-33-31)18-9-4-10-30(18)22-24-16-8-3-7-15(16)20(26-22)25-19-11-17(27-28-19)14-5-1-2-6-14/h11,14,18,23H,1-10,12-13H2,(H,29,32)(H2,24,25,26,27,28)/t18-/m0/s1. The van der Waals surface area contributed by atoms with Crippen molar-refractivity contribution in [1.29, 1.82) is 0 Å². The molecule has 0 aromatic carbocycles. The summed E-state index contributed by atoms with van der Waals surface area (Å²) in [6.45, 7) is 1.44. The van der Waals surface area contributed by atoms with E-state index in [0.717, 1.165) is 61.9 Å². The first kappa shape index (κ1) is 21.2. The van der Waals surface area contributed by atoms with Gasteiger partial charge >= 0.3 is 0 Å². The highest BCUT2D eigenvalue weighted by Crippen LogP contribution is 2.35. The smallest absolute Gasteiger partial charge is 0.257 e. The number of hydrazine groups is 1. The zero-order chi connectivity index (χ0) is 22.2. The first-order valence-electron chi connectivity index (χ1n) is 12.1. The fourth-order valence-electron chi connectivity index (χ4n) is 5.48. The Labute approximate surface area is 197 Å². The van der Waals surface area contributed by atoms with E-state index < -0.39 is 0 Å². The Morgan fingerprint density at radius 2 is 2.03 bits per heavy atom. The average molecular weight is 470 g/mol. The molecule has 1 atom stereocenters. The van der Waals surface area contributed by atoms with E-state index in [-0.39, 0.29) is 11.9 Å². The summed E-state index contributed by atoms with van der Waals surface area (Å²) in [7, 11) is 0. The number of aryl methyl sites for hydroxylation is 1. The summed E-state index contributed by atoms with van der Waals surface area (Å²) >= 11 is 1.58. The summed E-state index contributed by atoms with van der Waals surface area (Å²) in [6, 6.07) is 1.88. The number of hydrogen-bond donors (Lipinski definition) is 4. The second-order valence-corrected chi connectivity index (χ2v) is 10.3. The summed E-state index contributed by atoms with van der Waals surface area (Å²) in [5.41, 5.74) is 6.52. The number of carbonyl (C=O) groups is 1. The third-order valence-electron chi connectivity index (χ3n) is 7.19. The van der Waals surface area contributed by atoms with Gasteiger partial charge in [0.2, 0.25) is 5.95 Å². The SMILES string of the molecule is O=C(NN1CNCS1)[C@@H]1CCCN1c1nc2c(c(Nc3cc(C4CCCC4)[nH]n3)n1)CCC2. The lowest BCUT2D eigenvalue weighted by molar-refractivity contribution is -0.125. The fraction of sp³-hybridized carbons (Fsp3) is 0.636. The van der Waals surface area contributed by atoms with Gasteiger partial charge in [-0.05, 0) is 56.9 Å². The van der Waals surface area contributed by atoms with E-state index in [0.29, 0.717) is 18.5 Å². The first-order valence-corrected chi connectivity index (χ1v) is 13.1. The number of anilines is 3. The first-order chi connectivity index (χ1) is 16.2. The van der Waals surface area contributed by atoms with Crippen LogP contribution in [0.4, 0.5) is 17.6 Å². The molecule has 1 saturated carbocycles. The van der Waals surface area contributed by atoms with Crippen LogP contribution in [0.25, 0.3) is 0 Å². The largest absolute Gasteiger partial charge is 0.329 e. The Kier molecular flexibility index (Phi) is 5.85. The van der Waals surface area contributed by atoms with E-state index in [1.165, 1.54) is 36.9 Å². The maximum absolute atomic E-state index is 13.0. The number of aromatic amines is 1. The van der Waals surface area contributed by atoms with E-state index in [1.54, 1.807) is 11.9 Å². The Morgan fingerprint density at radius 3 is 2.88 bits per heavy atom. The molecule has 4 heterocycles. The van der Waals surface area contributed by atoms with Gasteiger partial charge in [-0.15, -0.1) is 4.41 Å². The highest BCUT2D eigenvalue weighted by atomic mass is 32.2. The number of aromatic nitrogens is 4. The van der Waals surface area contributed by atoms with Gasteiger partial charge in [0.15, 0.2) is 5.82 Å². The average Bonchev–Trinajstić information content (AvgIpc) is 3.64. The molecule has 1 amide bonds. The van der Waals surface area contributed by atoms with Gasteiger partial charge in [0.1, 0.15) is 11.9 Å². The zero-order valence-corrected chi connectivity index (χ0v) is 19.6. The maximum atomic E-state index is 13.0. The lowest BCUT2D eigenvalue weighted by atomic mass is 10.0. The molecule has 33 heavy (non-hydrogen) atoms. The minimum atomic E-state index is -0.252. The number of hydrogen-bond acceptors (Lipinski definition) is 9. The van der Waals surface area contributed by atoms with Crippen LogP contribution >= 0.6 is 11.9 Å². The monoisotopic (exact) mass is 469 g/mol. The van der Waals surface area contributed by atoms with Crippen LogP contribution in [0.15, 0.2) is 6.07 Å². The molecule has 10 nitrogen and oxygen atoms in total. The zero-order valence-electron chi connectivity index (χ0n) is 18.8. The molecule has 2 aliphatic heterocycles. The van der Waals surface area contributed by atoms with Gasteiger partial charge in [-0.25, -0.2) is 4.98 Å². The van der Waals surface area contributed by atoms with E-state index in [9.17, 15) is 4.79 Å². The highest BCUT2D eigenvalue weighted by molar-refractivity contribution is 7.97. The molecular formula is C22H31N9OS. The molecule has 6 rings (SSSR count). The Balaban J connectivity index is 1.23.